The van der Waals surface area contributed by atoms with Crippen LogP contribution in [-0.2, 0) is 23.8 Å². The Morgan fingerprint density at radius 3 is 2.61 bits per heavy atom. The molecule has 0 aromatic carbocycles. The number of carbonyl (C=O) groups is 2. The summed E-state index contributed by atoms with van der Waals surface area (Å²) in [5.74, 6) is 0.118. The van der Waals surface area contributed by atoms with E-state index < -0.39 is 0 Å². The molecule has 1 aliphatic carbocycles. The highest BCUT2D eigenvalue weighted by Gasteiger charge is 2.40. The molecule has 0 aromatic rings. The summed E-state index contributed by atoms with van der Waals surface area (Å²) in [5, 5.41) is 0. The van der Waals surface area contributed by atoms with Crippen molar-refractivity contribution in [3.63, 3.8) is 0 Å². The quantitative estimate of drug-likeness (QED) is 0.244. The molecule has 1 rings (SSSR count). The largest absolute Gasteiger partial charge is 0.469 e. The Morgan fingerprint density at radius 2 is 1.96 bits per heavy atom. The lowest BCUT2D eigenvalue weighted by Crippen LogP contribution is -2.20. The van der Waals surface area contributed by atoms with Crippen LogP contribution in [0.5, 0.6) is 0 Å². The molecule has 0 radical (unpaired) electrons. The fraction of sp³-hybridized carbons (Fsp3) is 0.739. The first-order chi connectivity index (χ1) is 13.6. The zero-order chi connectivity index (χ0) is 20.8. The molecule has 0 amide bonds. The Labute approximate surface area is 170 Å². The van der Waals surface area contributed by atoms with Crippen LogP contribution in [-0.4, -0.2) is 45.3 Å². The van der Waals surface area contributed by atoms with Crippen LogP contribution < -0.4 is 0 Å². The van der Waals surface area contributed by atoms with Crippen LogP contribution in [0.4, 0.5) is 0 Å². The number of esters is 1. The summed E-state index contributed by atoms with van der Waals surface area (Å²) in [4.78, 5) is 23.6. The molecule has 1 fully saturated rings. The molecule has 1 saturated carbocycles. The van der Waals surface area contributed by atoms with E-state index in [2.05, 4.69) is 36.0 Å². The molecule has 0 spiro atoms. The van der Waals surface area contributed by atoms with E-state index >= 15 is 0 Å². The van der Waals surface area contributed by atoms with E-state index in [1.54, 1.807) is 14.2 Å². The number of allylic oxidation sites excluding steroid dienone is 2. The van der Waals surface area contributed by atoms with Gasteiger partial charge in [-0.1, -0.05) is 50.5 Å². The number of methoxy groups -OCH3 is 3. The van der Waals surface area contributed by atoms with E-state index in [1.165, 1.54) is 20.0 Å². The standard InChI is InChI=1S/C23H38O5/c1-5-6-9-12-18(26-2)15-16-20-19(21(24)17-22(20)27-3)13-10-7-8-11-14-23(25)28-4/h7,10,15-16,18-20,22H,5-6,8-9,11-14,17H2,1-4H3/b10-7+,16-15+. The summed E-state index contributed by atoms with van der Waals surface area (Å²) in [6, 6.07) is 0. The first kappa shape index (κ1) is 24.6. The van der Waals surface area contributed by atoms with Gasteiger partial charge in [0.2, 0.25) is 0 Å². The van der Waals surface area contributed by atoms with Gasteiger partial charge in [-0.15, -0.1) is 0 Å². The fourth-order valence-corrected chi connectivity index (χ4v) is 3.71. The van der Waals surface area contributed by atoms with Crippen LogP contribution in [0.1, 0.15) is 64.7 Å². The molecule has 28 heavy (non-hydrogen) atoms. The zero-order valence-corrected chi connectivity index (χ0v) is 18.0. The average Bonchev–Trinajstić information content (AvgIpc) is 3.01. The van der Waals surface area contributed by atoms with Crippen molar-refractivity contribution in [2.24, 2.45) is 11.8 Å². The van der Waals surface area contributed by atoms with Crippen molar-refractivity contribution in [3.8, 4) is 0 Å². The van der Waals surface area contributed by atoms with Gasteiger partial charge >= 0.3 is 5.97 Å². The van der Waals surface area contributed by atoms with Gasteiger partial charge in [0.15, 0.2) is 0 Å². The minimum atomic E-state index is -0.181. The summed E-state index contributed by atoms with van der Waals surface area (Å²) in [6.07, 6.45) is 16.1. The molecule has 0 N–H and O–H groups in total. The molecule has 0 aromatic heterocycles. The van der Waals surface area contributed by atoms with E-state index in [-0.39, 0.29) is 35.8 Å². The second-order valence-electron chi connectivity index (χ2n) is 7.46. The highest BCUT2D eigenvalue weighted by atomic mass is 16.5. The normalized spacial score (nSPS) is 23.7. The number of ketones is 1. The summed E-state index contributed by atoms with van der Waals surface area (Å²) in [6.45, 7) is 2.19. The molecule has 0 aliphatic heterocycles. The predicted octanol–water partition coefficient (Wildman–Crippen LogP) is 4.65. The zero-order valence-electron chi connectivity index (χ0n) is 18.0. The SMILES string of the molecule is CCCCCC(/C=C/C1C(OC)CC(=O)C1C/C=C/CCCC(=O)OC)OC. The van der Waals surface area contributed by atoms with Crippen LogP contribution in [0.3, 0.4) is 0 Å². The van der Waals surface area contributed by atoms with Gasteiger partial charge in [0.05, 0.1) is 19.3 Å². The molecule has 1 aliphatic rings. The lowest BCUT2D eigenvalue weighted by molar-refractivity contribution is -0.140. The van der Waals surface area contributed by atoms with Gasteiger partial charge in [-0.25, -0.2) is 0 Å². The van der Waals surface area contributed by atoms with Crippen LogP contribution in [0, 0.1) is 11.8 Å². The Kier molecular flexibility index (Phi) is 12.8. The molecule has 4 unspecified atom stereocenters. The summed E-state index contributed by atoms with van der Waals surface area (Å²) < 4.78 is 15.8. The Balaban J connectivity index is 2.60. The third kappa shape index (κ3) is 8.70. The first-order valence-corrected chi connectivity index (χ1v) is 10.6. The third-order valence-corrected chi connectivity index (χ3v) is 5.49. The van der Waals surface area contributed by atoms with Crippen molar-refractivity contribution in [1.29, 1.82) is 0 Å². The highest BCUT2D eigenvalue weighted by Crippen LogP contribution is 2.35. The molecule has 4 atom stereocenters. The van der Waals surface area contributed by atoms with Crippen molar-refractivity contribution < 1.29 is 23.8 Å². The van der Waals surface area contributed by atoms with Gasteiger partial charge in [-0.2, -0.15) is 0 Å². The van der Waals surface area contributed by atoms with Crippen LogP contribution in [0.25, 0.3) is 0 Å². The lowest BCUT2D eigenvalue weighted by Gasteiger charge is -2.20. The Hall–Kier alpha value is -1.46. The molecule has 0 heterocycles. The van der Waals surface area contributed by atoms with Crippen LogP contribution in [0.15, 0.2) is 24.3 Å². The van der Waals surface area contributed by atoms with Gasteiger partial charge < -0.3 is 14.2 Å². The number of ether oxygens (including phenoxy) is 3. The number of hydrogen-bond acceptors (Lipinski definition) is 5. The average molecular weight is 395 g/mol. The molecule has 160 valence electrons. The van der Waals surface area contributed by atoms with E-state index in [0.29, 0.717) is 19.3 Å². The monoisotopic (exact) mass is 394 g/mol. The van der Waals surface area contributed by atoms with Crippen LogP contribution in [0.2, 0.25) is 0 Å². The lowest BCUT2D eigenvalue weighted by atomic mass is 9.90. The van der Waals surface area contributed by atoms with E-state index in [9.17, 15) is 9.59 Å². The predicted molar refractivity (Wildman–Crippen MR) is 111 cm³/mol. The smallest absolute Gasteiger partial charge is 0.305 e. The van der Waals surface area contributed by atoms with Gasteiger partial charge in [0, 0.05) is 38.9 Å². The number of carbonyl (C=O) groups excluding carboxylic acids is 2. The van der Waals surface area contributed by atoms with E-state index in [0.717, 1.165) is 25.7 Å². The molecular formula is C23H38O5. The van der Waals surface area contributed by atoms with E-state index in [1.807, 2.05) is 0 Å². The van der Waals surface area contributed by atoms with E-state index in [4.69, 9.17) is 9.47 Å². The second kappa shape index (κ2) is 14.5. The molecule has 5 nitrogen and oxygen atoms in total. The van der Waals surface area contributed by atoms with Crippen LogP contribution >= 0.6 is 0 Å². The van der Waals surface area contributed by atoms with Crippen molar-refractivity contribution in [2.75, 3.05) is 21.3 Å². The van der Waals surface area contributed by atoms with Crippen molar-refractivity contribution in [3.05, 3.63) is 24.3 Å². The van der Waals surface area contributed by atoms with Gasteiger partial charge in [-0.3, -0.25) is 9.59 Å². The van der Waals surface area contributed by atoms with Gasteiger partial charge in [-0.05, 0) is 25.7 Å². The molecule has 5 heteroatoms. The first-order valence-electron chi connectivity index (χ1n) is 10.6. The summed E-state index contributed by atoms with van der Waals surface area (Å²) in [5.41, 5.74) is 0. The molecule has 0 saturated heterocycles. The fourth-order valence-electron chi connectivity index (χ4n) is 3.71. The molecule has 0 bridgehead atoms. The maximum atomic E-state index is 12.5. The Bertz CT molecular complexity index is 511. The van der Waals surface area contributed by atoms with Gasteiger partial charge in [0.25, 0.3) is 0 Å². The minimum Gasteiger partial charge on any atom is -0.469 e. The molecular weight excluding hydrogens is 356 g/mol. The maximum Gasteiger partial charge on any atom is 0.305 e. The number of Topliss-reactive ketones (excluding diaryl/α,β-unsaturated/α-hetero) is 1. The summed E-state index contributed by atoms with van der Waals surface area (Å²) >= 11 is 0. The topological polar surface area (TPSA) is 61.8 Å². The number of rotatable bonds is 14. The van der Waals surface area contributed by atoms with Gasteiger partial charge in [0.1, 0.15) is 5.78 Å². The second-order valence-corrected chi connectivity index (χ2v) is 7.46. The highest BCUT2D eigenvalue weighted by molar-refractivity contribution is 5.84. The Morgan fingerprint density at radius 1 is 1.18 bits per heavy atom. The third-order valence-electron chi connectivity index (χ3n) is 5.49. The number of hydrogen-bond donors (Lipinski definition) is 0. The number of unbranched alkanes of at least 4 members (excludes halogenated alkanes) is 3. The van der Waals surface area contributed by atoms with Crippen molar-refractivity contribution in [1.82, 2.24) is 0 Å². The minimum absolute atomic E-state index is 0.0498. The maximum absolute atomic E-state index is 12.5. The summed E-state index contributed by atoms with van der Waals surface area (Å²) in [7, 11) is 4.82. The van der Waals surface area contributed by atoms with Crippen molar-refractivity contribution >= 4 is 11.8 Å². The van der Waals surface area contributed by atoms with Crippen molar-refractivity contribution in [2.45, 2.75) is 76.9 Å².